The predicted octanol–water partition coefficient (Wildman–Crippen LogP) is 3.80. The van der Waals surface area contributed by atoms with Crippen LogP contribution in [0.25, 0.3) is 22.2 Å². The number of benzene rings is 3. The predicted molar refractivity (Wildman–Crippen MR) is 104 cm³/mol. The number of rotatable bonds is 3. The van der Waals surface area contributed by atoms with E-state index in [1.54, 1.807) is 18.2 Å². The molecule has 5 heteroatoms. The number of aromatic nitrogens is 1. The van der Waals surface area contributed by atoms with Gasteiger partial charge < -0.3 is 9.73 Å². The minimum Gasteiger partial charge on any atom is -0.408 e. The van der Waals surface area contributed by atoms with E-state index in [2.05, 4.69) is 17.4 Å². The monoisotopic (exact) mass is 356 g/mol. The number of nitrogens with zero attached hydrogens (tertiary/aromatic N) is 1. The molecule has 0 bridgehead atoms. The van der Waals surface area contributed by atoms with E-state index in [9.17, 15) is 9.59 Å². The van der Waals surface area contributed by atoms with E-state index in [-0.39, 0.29) is 12.5 Å². The van der Waals surface area contributed by atoms with Crippen LogP contribution in [-0.4, -0.2) is 10.5 Å². The fraction of sp³-hybridized carbons (Fsp3) is 0.0909. The van der Waals surface area contributed by atoms with Crippen LogP contribution in [0, 0.1) is 0 Å². The van der Waals surface area contributed by atoms with Gasteiger partial charge in [-0.05, 0) is 52.9 Å². The highest BCUT2D eigenvalue weighted by Crippen LogP contribution is 2.37. The van der Waals surface area contributed by atoms with Crippen LogP contribution in [0.3, 0.4) is 0 Å². The van der Waals surface area contributed by atoms with Gasteiger partial charge >= 0.3 is 5.76 Å². The van der Waals surface area contributed by atoms with E-state index < -0.39 is 5.76 Å². The Morgan fingerprint density at radius 1 is 0.963 bits per heavy atom. The molecule has 0 spiro atoms. The summed E-state index contributed by atoms with van der Waals surface area (Å²) in [7, 11) is 0. The fourth-order valence-electron chi connectivity index (χ4n) is 3.73. The summed E-state index contributed by atoms with van der Waals surface area (Å²) in [4.78, 5) is 24.5. The summed E-state index contributed by atoms with van der Waals surface area (Å²) < 4.78 is 6.52. The zero-order chi connectivity index (χ0) is 18.4. The van der Waals surface area contributed by atoms with Gasteiger partial charge in [-0.1, -0.05) is 42.5 Å². The zero-order valence-corrected chi connectivity index (χ0v) is 14.4. The number of nitrogens with one attached hydrogen (secondary N) is 1. The topological polar surface area (TPSA) is 64.2 Å². The Morgan fingerprint density at radius 3 is 2.67 bits per heavy atom. The van der Waals surface area contributed by atoms with Crippen molar-refractivity contribution in [2.45, 2.75) is 13.0 Å². The summed E-state index contributed by atoms with van der Waals surface area (Å²) in [5.74, 6) is -0.796. The maximum absolute atomic E-state index is 12.5. The molecule has 0 saturated carbocycles. The molecular formula is C22H16N2O3. The molecule has 132 valence electrons. The second-order valence-corrected chi connectivity index (χ2v) is 6.68. The van der Waals surface area contributed by atoms with E-state index in [0.717, 1.165) is 12.1 Å². The molecule has 1 aliphatic rings. The van der Waals surface area contributed by atoms with Crippen LogP contribution >= 0.6 is 0 Å². The molecule has 1 heterocycles. The second kappa shape index (κ2) is 5.99. The van der Waals surface area contributed by atoms with E-state index in [0.29, 0.717) is 11.1 Å². The maximum Gasteiger partial charge on any atom is 0.420 e. The first-order chi connectivity index (χ1) is 13.2. The number of carbonyl (C=O) groups excluding carboxylic acids is 1. The molecule has 1 aromatic heterocycles. The van der Waals surface area contributed by atoms with Crippen LogP contribution in [0.2, 0.25) is 0 Å². The van der Waals surface area contributed by atoms with Crippen molar-refractivity contribution in [3.63, 3.8) is 0 Å². The molecule has 0 saturated heterocycles. The van der Waals surface area contributed by atoms with Gasteiger partial charge in [0, 0.05) is 5.69 Å². The first-order valence-electron chi connectivity index (χ1n) is 8.78. The smallest absolute Gasteiger partial charge is 0.408 e. The summed E-state index contributed by atoms with van der Waals surface area (Å²) in [6.45, 7) is -0.0901. The molecule has 0 unspecified atom stereocenters. The highest BCUT2D eigenvalue weighted by Gasteiger charge is 2.18. The van der Waals surface area contributed by atoms with Crippen LogP contribution in [0.5, 0.6) is 0 Å². The van der Waals surface area contributed by atoms with Crippen molar-refractivity contribution in [1.82, 2.24) is 4.57 Å². The highest BCUT2D eigenvalue weighted by atomic mass is 16.4. The lowest BCUT2D eigenvalue weighted by molar-refractivity contribution is -0.116. The number of anilines is 1. The van der Waals surface area contributed by atoms with Gasteiger partial charge in [0.1, 0.15) is 6.54 Å². The number of para-hydroxylation sites is 2. The Kier molecular flexibility index (Phi) is 3.47. The molecule has 3 aromatic carbocycles. The van der Waals surface area contributed by atoms with Gasteiger partial charge in [-0.15, -0.1) is 0 Å². The van der Waals surface area contributed by atoms with Gasteiger partial charge in [-0.2, -0.15) is 0 Å². The molecule has 0 radical (unpaired) electrons. The zero-order valence-electron chi connectivity index (χ0n) is 14.4. The third-order valence-electron chi connectivity index (χ3n) is 4.95. The largest absolute Gasteiger partial charge is 0.420 e. The van der Waals surface area contributed by atoms with Crippen LogP contribution in [0.4, 0.5) is 5.69 Å². The Balaban J connectivity index is 1.38. The summed E-state index contributed by atoms with van der Waals surface area (Å²) in [5, 5.41) is 2.89. The standard InChI is InChI=1S/C22H16N2O3/c25-21(13-24-19-7-3-4-8-20(19)27-22(24)26)23-16-9-10-18-15(12-16)11-14-5-1-2-6-17(14)18/h1-10,12H,11,13H2,(H,23,25). The summed E-state index contributed by atoms with van der Waals surface area (Å²) >= 11 is 0. The van der Waals surface area contributed by atoms with Crippen molar-refractivity contribution >= 4 is 22.7 Å². The quantitative estimate of drug-likeness (QED) is 0.535. The van der Waals surface area contributed by atoms with Crippen molar-refractivity contribution in [2.24, 2.45) is 0 Å². The van der Waals surface area contributed by atoms with Crippen molar-refractivity contribution in [1.29, 1.82) is 0 Å². The molecular weight excluding hydrogens is 340 g/mol. The van der Waals surface area contributed by atoms with E-state index in [1.807, 2.05) is 36.4 Å². The molecule has 0 aliphatic heterocycles. The third kappa shape index (κ3) is 2.64. The van der Waals surface area contributed by atoms with Crippen molar-refractivity contribution in [3.8, 4) is 11.1 Å². The number of carbonyl (C=O) groups is 1. The first-order valence-corrected chi connectivity index (χ1v) is 8.78. The van der Waals surface area contributed by atoms with Gasteiger partial charge in [0.2, 0.25) is 5.91 Å². The van der Waals surface area contributed by atoms with Gasteiger partial charge in [-0.3, -0.25) is 9.36 Å². The van der Waals surface area contributed by atoms with Crippen LogP contribution in [0.15, 0.2) is 75.9 Å². The number of amides is 1. The maximum atomic E-state index is 12.5. The molecule has 4 aromatic rings. The van der Waals surface area contributed by atoms with E-state index >= 15 is 0 Å². The van der Waals surface area contributed by atoms with Crippen LogP contribution in [-0.2, 0) is 17.8 Å². The van der Waals surface area contributed by atoms with Gasteiger partial charge in [-0.25, -0.2) is 4.79 Å². The van der Waals surface area contributed by atoms with Gasteiger partial charge in [0.15, 0.2) is 5.58 Å². The molecule has 27 heavy (non-hydrogen) atoms. The Morgan fingerprint density at radius 2 is 1.74 bits per heavy atom. The molecule has 1 aliphatic carbocycles. The number of fused-ring (bicyclic) bond motifs is 4. The van der Waals surface area contributed by atoms with Gasteiger partial charge in [0.05, 0.1) is 5.52 Å². The Labute approximate surface area is 154 Å². The third-order valence-corrected chi connectivity index (χ3v) is 4.95. The SMILES string of the molecule is O=C(Cn1c(=O)oc2ccccc21)Nc1ccc2c(c1)Cc1ccccc1-2. The average molecular weight is 356 g/mol. The lowest BCUT2D eigenvalue weighted by atomic mass is 10.1. The minimum atomic E-state index is -0.532. The molecule has 1 amide bonds. The number of hydrogen-bond donors (Lipinski definition) is 1. The Bertz CT molecular complexity index is 1250. The van der Waals surface area contributed by atoms with Crippen LogP contribution < -0.4 is 11.1 Å². The molecule has 1 N–H and O–H groups in total. The summed E-state index contributed by atoms with van der Waals surface area (Å²) in [6, 6.07) is 21.3. The lowest BCUT2D eigenvalue weighted by Crippen LogP contribution is -2.24. The van der Waals surface area contributed by atoms with Crippen molar-refractivity contribution in [3.05, 3.63) is 88.4 Å². The van der Waals surface area contributed by atoms with Crippen LogP contribution in [0.1, 0.15) is 11.1 Å². The highest BCUT2D eigenvalue weighted by molar-refractivity contribution is 5.92. The van der Waals surface area contributed by atoms with E-state index in [1.165, 1.54) is 26.8 Å². The number of oxazole rings is 1. The number of hydrogen-bond acceptors (Lipinski definition) is 3. The lowest BCUT2D eigenvalue weighted by Gasteiger charge is -2.08. The average Bonchev–Trinajstić information content (AvgIpc) is 3.19. The second-order valence-electron chi connectivity index (χ2n) is 6.68. The molecule has 0 fully saturated rings. The molecule has 0 atom stereocenters. The molecule has 5 nitrogen and oxygen atoms in total. The normalized spacial score (nSPS) is 12.0. The molecule has 5 rings (SSSR count). The van der Waals surface area contributed by atoms with E-state index in [4.69, 9.17) is 4.42 Å². The summed E-state index contributed by atoms with van der Waals surface area (Å²) in [6.07, 6.45) is 0.862. The van der Waals surface area contributed by atoms with Crippen molar-refractivity contribution < 1.29 is 9.21 Å². The van der Waals surface area contributed by atoms with Gasteiger partial charge in [0.25, 0.3) is 0 Å². The minimum absolute atomic E-state index is 0.0901. The Hall–Kier alpha value is -3.60. The van der Waals surface area contributed by atoms with Crippen molar-refractivity contribution in [2.75, 3.05) is 5.32 Å². The summed E-state index contributed by atoms with van der Waals surface area (Å²) in [5.41, 5.74) is 6.77. The fourth-order valence-corrected chi connectivity index (χ4v) is 3.73. The first kappa shape index (κ1) is 15.6.